The third-order valence-corrected chi connectivity index (χ3v) is 5.81. The van der Waals surface area contributed by atoms with Gasteiger partial charge in [0.25, 0.3) is 0 Å². The van der Waals surface area contributed by atoms with Gasteiger partial charge in [0.2, 0.25) is 0 Å². The van der Waals surface area contributed by atoms with E-state index in [4.69, 9.17) is 11.6 Å². The maximum atomic E-state index is 12.8. The van der Waals surface area contributed by atoms with E-state index in [9.17, 15) is 18.4 Å². The molecule has 3 rings (SSSR count). The van der Waals surface area contributed by atoms with E-state index in [1.165, 1.54) is 12.1 Å². The van der Waals surface area contributed by atoms with Crippen LogP contribution in [0.5, 0.6) is 0 Å². The highest BCUT2D eigenvalue weighted by Gasteiger charge is 2.32. The maximum Gasteiger partial charge on any atom is 0.416 e. The molecule has 0 saturated carbocycles. The summed E-state index contributed by atoms with van der Waals surface area (Å²) in [5.74, 6) is 0. The number of alkyl halides is 3. The molecule has 6 heteroatoms. The predicted octanol–water partition coefficient (Wildman–Crippen LogP) is 7.83. The van der Waals surface area contributed by atoms with Gasteiger partial charge in [-0.05, 0) is 74.2 Å². The van der Waals surface area contributed by atoms with Gasteiger partial charge in [-0.15, -0.1) is 0 Å². The van der Waals surface area contributed by atoms with Gasteiger partial charge in [0, 0.05) is 22.8 Å². The van der Waals surface area contributed by atoms with Gasteiger partial charge in [-0.3, -0.25) is 0 Å². The number of hydrogen-bond acceptors (Lipinski definition) is 2. The highest BCUT2D eigenvalue weighted by Crippen LogP contribution is 2.42. The normalized spacial score (nSPS) is 15.9. The first kappa shape index (κ1) is 23.0. The molecular weight excluding hydrogens is 421 g/mol. The summed E-state index contributed by atoms with van der Waals surface area (Å²) in [5, 5.41) is 10.1. The molecule has 162 valence electrons. The van der Waals surface area contributed by atoms with Gasteiger partial charge in [0.05, 0.1) is 22.7 Å². The summed E-state index contributed by atoms with van der Waals surface area (Å²) in [7, 11) is 0. The lowest BCUT2D eigenvalue weighted by Gasteiger charge is -2.43. The third kappa shape index (κ3) is 4.65. The van der Waals surface area contributed by atoms with Crippen molar-refractivity contribution in [3.63, 3.8) is 0 Å². The van der Waals surface area contributed by atoms with Crippen molar-refractivity contribution in [1.29, 1.82) is 5.26 Å². The van der Waals surface area contributed by atoms with Crippen molar-refractivity contribution in [2.24, 2.45) is 0 Å². The summed E-state index contributed by atoms with van der Waals surface area (Å²) in [5.41, 5.74) is 3.61. The number of halogens is 4. The average molecular weight is 445 g/mol. The highest BCUT2D eigenvalue weighted by molar-refractivity contribution is 6.32. The Bertz CT molecular complexity index is 1090. The zero-order valence-corrected chi connectivity index (χ0v) is 18.7. The fourth-order valence-electron chi connectivity index (χ4n) is 4.03. The molecule has 2 nitrogen and oxygen atoms in total. The fraction of sp³-hybridized carbons (Fsp3) is 0.320. The lowest BCUT2D eigenvalue weighted by atomic mass is 9.87. The number of nitriles is 1. The van der Waals surface area contributed by atoms with Gasteiger partial charge >= 0.3 is 6.18 Å². The molecule has 1 heterocycles. The summed E-state index contributed by atoms with van der Waals surface area (Å²) in [6, 6.07) is 10.5. The summed E-state index contributed by atoms with van der Waals surface area (Å²) in [4.78, 5) is 2.32. The zero-order valence-electron chi connectivity index (χ0n) is 17.9. The van der Waals surface area contributed by atoms with Crippen LogP contribution in [0.15, 0.2) is 42.5 Å². The number of anilines is 1. The lowest BCUT2D eigenvalue weighted by Crippen LogP contribution is -2.45. The number of hydrogen-bond donors (Lipinski definition) is 0. The lowest BCUT2D eigenvalue weighted by molar-refractivity contribution is -0.137. The van der Waals surface area contributed by atoms with Crippen LogP contribution in [0.4, 0.5) is 18.9 Å². The van der Waals surface area contributed by atoms with Crippen LogP contribution in [0.2, 0.25) is 5.02 Å². The molecule has 2 aromatic carbocycles. The van der Waals surface area contributed by atoms with E-state index in [2.05, 4.69) is 37.8 Å². The molecule has 0 atom stereocenters. The van der Waals surface area contributed by atoms with Crippen LogP contribution in [0, 0.1) is 11.3 Å². The number of nitrogens with zero attached hydrogens (tertiary/aromatic N) is 2. The van der Waals surface area contributed by atoms with E-state index in [0.717, 1.165) is 41.9 Å². The standard InChI is InChI=1S/C25H24ClF3N2/c1-5-10-31-23-13-22(26)18(12-21(23)16(2)14-24(31,3)4)11-19(15-30)17-6-8-20(9-7-17)25(27,28)29/h6-9,11-14H,5,10H2,1-4H3/b19-11+. The van der Waals surface area contributed by atoms with Crippen LogP contribution in [0.25, 0.3) is 17.2 Å². The minimum absolute atomic E-state index is 0.147. The third-order valence-electron chi connectivity index (χ3n) is 5.49. The molecule has 0 radical (unpaired) electrons. The fourth-order valence-corrected chi connectivity index (χ4v) is 4.24. The second kappa shape index (κ2) is 8.43. The van der Waals surface area contributed by atoms with Crippen molar-refractivity contribution in [3.05, 3.63) is 69.8 Å². The van der Waals surface area contributed by atoms with E-state index < -0.39 is 11.7 Å². The molecule has 2 aromatic rings. The Morgan fingerprint density at radius 2 is 1.84 bits per heavy atom. The molecule has 0 bridgehead atoms. The largest absolute Gasteiger partial charge is 0.416 e. The zero-order chi connectivity index (χ0) is 23.0. The van der Waals surface area contributed by atoms with Gasteiger partial charge in [0.1, 0.15) is 0 Å². The highest BCUT2D eigenvalue weighted by atomic mass is 35.5. The molecule has 0 aromatic heterocycles. The number of fused-ring (bicyclic) bond motifs is 1. The van der Waals surface area contributed by atoms with E-state index >= 15 is 0 Å². The predicted molar refractivity (Wildman–Crippen MR) is 122 cm³/mol. The van der Waals surface area contributed by atoms with Gasteiger partial charge in [-0.25, -0.2) is 0 Å². The Hall–Kier alpha value is -2.71. The van der Waals surface area contributed by atoms with Crippen LogP contribution in [0.1, 0.15) is 56.4 Å². The van der Waals surface area contributed by atoms with Crippen molar-refractivity contribution < 1.29 is 13.2 Å². The topological polar surface area (TPSA) is 27.0 Å². The van der Waals surface area contributed by atoms with E-state index in [1.807, 2.05) is 19.1 Å². The van der Waals surface area contributed by atoms with Crippen molar-refractivity contribution in [3.8, 4) is 6.07 Å². The van der Waals surface area contributed by atoms with Crippen molar-refractivity contribution in [1.82, 2.24) is 0 Å². The molecule has 1 aliphatic heterocycles. The summed E-state index contributed by atoms with van der Waals surface area (Å²) < 4.78 is 38.5. The van der Waals surface area contributed by atoms with Gasteiger partial charge in [-0.2, -0.15) is 18.4 Å². The first-order valence-corrected chi connectivity index (χ1v) is 10.5. The SMILES string of the molecule is CCCN1c2cc(Cl)c(/C=C(\C#N)c3ccc(C(F)(F)F)cc3)cc2C(C)=CC1(C)C. The molecule has 0 spiro atoms. The van der Waals surface area contributed by atoms with Crippen LogP contribution < -0.4 is 4.90 Å². The Labute approximate surface area is 186 Å². The van der Waals surface area contributed by atoms with Crippen LogP contribution in [0.3, 0.4) is 0 Å². The van der Waals surface area contributed by atoms with Gasteiger partial charge in [-0.1, -0.05) is 36.7 Å². The monoisotopic (exact) mass is 444 g/mol. The smallest absolute Gasteiger partial charge is 0.362 e. The van der Waals surface area contributed by atoms with Crippen molar-refractivity contribution >= 4 is 34.5 Å². The first-order valence-electron chi connectivity index (χ1n) is 10.1. The summed E-state index contributed by atoms with van der Waals surface area (Å²) in [6.07, 6.45) is 0.413. The second-order valence-corrected chi connectivity index (χ2v) is 8.68. The average Bonchev–Trinajstić information content (AvgIpc) is 2.69. The molecular formula is C25H24ClF3N2. The molecule has 0 amide bonds. The van der Waals surface area contributed by atoms with Crippen molar-refractivity contribution in [2.45, 2.75) is 45.8 Å². The maximum absolute atomic E-state index is 12.8. The van der Waals surface area contributed by atoms with Crippen LogP contribution in [-0.2, 0) is 6.18 Å². The Balaban J connectivity index is 2.07. The van der Waals surface area contributed by atoms with Crippen LogP contribution >= 0.6 is 11.6 Å². The molecule has 0 aliphatic carbocycles. The Morgan fingerprint density at radius 3 is 2.39 bits per heavy atom. The first-order chi connectivity index (χ1) is 14.5. The van der Waals surface area contributed by atoms with E-state index in [0.29, 0.717) is 16.1 Å². The molecule has 1 aliphatic rings. The van der Waals surface area contributed by atoms with Gasteiger partial charge < -0.3 is 4.90 Å². The second-order valence-electron chi connectivity index (χ2n) is 8.27. The van der Waals surface area contributed by atoms with E-state index in [-0.39, 0.29) is 11.1 Å². The molecule has 0 saturated heterocycles. The van der Waals surface area contributed by atoms with Crippen LogP contribution in [-0.4, -0.2) is 12.1 Å². The Kier molecular flexibility index (Phi) is 6.25. The summed E-state index contributed by atoms with van der Waals surface area (Å²) >= 11 is 6.59. The molecule has 0 unspecified atom stereocenters. The molecule has 0 fully saturated rings. The minimum atomic E-state index is -4.42. The summed E-state index contributed by atoms with van der Waals surface area (Å²) in [6.45, 7) is 9.38. The van der Waals surface area contributed by atoms with Crippen molar-refractivity contribution in [2.75, 3.05) is 11.4 Å². The molecule has 31 heavy (non-hydrogen) atoms. The van der Waals surface area contributed by atoms with Gasteiger partial charge in [0.15, 0.2) is 0 Å². The Morgan fingerprint density at radius 1 is 1.19 bits per heavy atom. The minimum Gasteiger partial charge on any atom is -0.362 e. The van der Waals surface area contributed by atoms with E-state index in [1.54, 1.807) is 6.08 Å². The molecule has 0 N–H and O–H groups in total. The number of rotatable bonds is 4. The quantitative estimate of drug-likeness (QED) is 0.355. The number of allylic oxidation sites excluding steroid dienone is 2. The number of benzene rings is 2.